The Balaban J connectivity index is 2.18. The lowest BCUT2D eigenvalue weighted by molar-refractivity contribution is -0.173. The summed E-state index contributed by atoms with van der Waals surface area (Å²) in [5, 5.41) is 2.95. The second-order valence-electron chi connectivity index (χ2n) is 3.52. The van der Waals surface area contributed by atoms with Crippen molar-refractivity contribution in [1.29, 1.82) is 0 Å². The van der Waals surface area contributed by atoms with Crippen LogP contribution < -0.4 is 10.1 Å². The average Bonchev–Trinajstić information content (AvgIpc) is 2.32. The van der Waals surface area contributed by atoms with Gasteiger partial charge in [0.1, 0.15) is 6.61 Å². The molecule has 0 aliphatic heterocycles. The molecular formula is C11H15F3N2O2. The van der Waals surface area contributed by atoms with Crippen molar-refractivity contribution in [3.05, 3.63) is 23.9 Å². The van der Waals surface area contributed by atoms with Gasteiger partial charge in [0.15, 0.2) is 0 Å². The zero-order valence-electron chi connectivity index (χ0n) is 9.96. The first-order chi connectivity index (χ1) is 8.53. The first kappa shape index (κ1) is 14.7. The van der Waals surface area contributed by atoms with Gasteiger partial charge >= 0.3 is 6.18 Å². The van der Waals surface area contributed by atoms with Crippen LogP contribution in [0.3, 0.4) is 0 Å². The third-order valence-corrected chi connectivity index (χ3v) is 2.05. The minimum absolute atomic E-state index is 0.00207. The fourth-order valence-electron chi connectivity index (χ4n) is 1.30. The Labute approximate surface area is 103 Å². The van der Waals surface area contributed by atoms with Crippen LogP contribution in [0.15, 0.2) is 18.3 Å². The smallest absolute Gasteiger partial charge is 0.411 e. The SMILES string of the molecule is COc1ncccc1CNCCOCC(F)(F)F. The number of halogens is 3. The molecule has 0 unspecified atom stereocenters. The van der Waals surface area contributed by atoms with Gasteiger partial charge in [0.05, 0.1) is 13.7 Å². The molecule has 0 radical (unpaired) electrons. The Morgan fingerprint density at radius 2 is 2.17 bits per heavy atom. The summed E-state index contributed by atoms with van der Waals surface area (Å²) in [6, 6.07) is 3.59. The highest BCUT2D eigenvalue weighted by Crippen LogP contribution is 2.14. The average molecular weight is 264 g/mol. The predicted molar refractivity (Wildman–Crippen MR) is 59.4 cm³/mol. The van der Waals surface area contributed by atoms with Gasteiger partial charge in [-0.3, -0.25) is 0 Å². The topological polar surface area (TPSA) is 43.4 Å². The molecule has 4 nitrogen and oxygen atoms in total. The number of alkyl halides is 3. The molecule has 7 heteroatoms. The number of methoxy groups -OCH3 is 1. The number of ether oxygens (including phenoxy) is 2. The molecule has 0 fully saturated rings. The summed E-state index contributed by atoms with van der Waals surface area (Å²) in [5.41, 5.74) is 0.843. The van der Waals surface area contributed by atoms with E-state index in [9.17, 15) is 13.2 Å². The molecule has 1 heterocycles. The van der Waals surface area contributed by atoms with E-state index in [1.807, 2.05) is 6.07 Å². The predicted octanol–water partition coefficient (Wildman–Crippen LogP) is 1.76. The van der Waals surface area contributed by atoms with E-state index >= 15 is 0 Å². The number of aromatic nitrogens is 1. The highest BCUT2D eigenvalue weighted by molar-refractivity contribution is 5.24. The quantitative estimate of drug-likeness (QED) is 0.762. The van der Waals surface area contributed by atoms with Crippen molar-refractivity contribution in [2.75, 3.05) is 26.9 Å². The van der Waals surface area contributed by atoms with E-state index in [4.69, 9.17) is 4.74 Å². The Bertz CT molecular complexity index is 358. The molecule has 102 valence electrons. The summed E-state index contributed by atoms with van der Waals surface area (Å²) in [5.74, 6) is 0.501. The van der Waals surface area contributed by atoms with E-state index in [1.165, 1.54) is 7.11 Å². The maximum atomic E-state index is 11.8. The van der Waals surface area contributed by atoms with Gasteiger partial charge in [0.25, 0.3) is 0 Å². The number of hydrogen-bond donors (Lipinski definition) is 1. The summed E-state index contributed by atoms with van der Waals surface area (Å²) < 4.78 is 44.8. The summed E-state index contributed by atoms with van der Waals surface area (Å²) in [6.07, 6.45) is -2.67. The van der Waals surface area contributed by atoms with Gasteiger partial charge in [-0.05, 0) is 6.07 Å². The minimum atomic E-state index is -4.27. The van der Waals surface area contributed by atoms with Gasteiger partial charge in [-0.15, -0.1) is 0 Å². The van der Waals surface area contributed by atoms with Crippen LogP contribution in [-0.4, -0.2) is 38.0 Å². The summed E-state index contributed by atoms with van der Waals surface area (Å²) in [6.45, 7) is -0.423. The van der Waals surface area contributed by atoms with Crippen LogP contribution in [0.1, 0.15) is 5.56 Å². The number of rotatable bonds is 7. The molecule has 0 spiro atoms. The van der Waals surface area contributed by atoms with Crippen LogP contribution in [0.5, 0.6) is 5.88 Å². The Morgan fingerprint density at radius 3 is 2.83 bits per heavy atom. The van der Waals surface area contributed by atoms with Crippen LogP contribution in [-0.2, 0) is 11.3 Å². The van der Waals surface area contributed by atoms with E-state index in [2.05, 4.69) is 15.0 Å². The summed E-state index contributed by atoms with van der Waals surface area (Å²) in [4.78, 5) is 4.00. The van der Waals surface area contributed by atoms with Gasteiger partial charge in [-0.1, -0.05) is 6.07 Å². The second kappa shape index (κ2) is 7.17. The van der Waals surface area contributed by atoms with Crippen molar-refractivity contribution < 1.29 is 22.6 Å². The molecular weight excluding hydrogens is 249 g/mol. The van der Waals surface area contributed by atoms with E-state index in [-0.39, 0.29) is 6.61 Å². The molecule has 0 atom stereocenters. The maximum absolute atomic E-state index is 11.8. The third kappa shape index (κ3) is 5.83. The van der Waals surface area contributed by atoms with Crippen molar-refractivity contribution in [3.8, 4) is 5.88 Å². The van der Waals surface area contributed by atoms with Gasteiger partial charge in [-0.2, -0.15) is 13.2 Å². The number of nitrogens with one attached hydrogen (secondary N) is 1. The molecule has 0 saturated heterocycles. The highest BCUT2D eigenvalue weighted by atomic mass is 19.4. The molecule has 0 aromatic carbocycles. The molecule has 18 heavy (non-hydrogen) atoms. The van der Waals surface area contributed by atoms with Gasteiger partial charge in [0, 0.05) is 24.8 Å². The van der Waals surface area contributed by atoms with E-state index < -0.39 is 12.8 Å². The molecule has 0 aliphatic carbocycles. The second-order valence-corrected chi connectivity index (χ2v) is 3.52. The van der Waals surface area contributed by atoms with Crippen molar-refractivity contribution in [2.45, 2.75) is 12.7 Å². The zero-order valence-corrected chi connectivity index (χ0v) is 9.96. The lowest BCUT2D eigenvalue weighted by Gasteiger charge is -2.09. The maximum Gasteiger partial charge on any atom is 0.411 e. The fourth-order valence-corrected chi connectivity index (χ4v) is 1.30. The van der Waals surface area contributed by atoms with Crippen molar-refractivity contribution in [3.63, 3.8) is 0 Å². The standard InChI is InChI=1S/C11H15F3N2O2/c1-17-10-9(3-2-4-16-10)7-15-5-6-18-8-11(12,13)14/h2-4,15H,5-8H2,1H3. The molecule has 0 bridgehead atoms. The minimum Gasteiger partial charge on any atom is -0.481 e. The molecule has 1 aromatic rings. The van der Waals surface area contributed by atoms with Gasteiger partial charge in [-0.25, -0.2) is 4.98 Å². The number of hydrogen-bond acceptors (Lipinski definition) is 4. The summed E-state index contributed by atoms with van der Waals surface area (Å²) in [7, 11) is 1.51. The number of nitrogens with zero attached hydrogens (tertiary/aromatic N) is 1. The lowest BCUT2D eigenvalue weighted by atomic mass is 10.2. The van der Waals surface area contributed by atoms with E-state index in [1.54, 1.807) is 12.3 Å². The van der Waals surface area contributed by atoms with E-state index in [0.29, 0.717) is 19.0 Å². The Hall–Kier alpha value is -1.34. The monoisotopic (exact) mass is 264 g/mol. The molecule has 0 saturated carbocycles. The van der Waals surface area contributed by atoms with Gasteiger partial charge < -0.3 is 14.8 Å². The largest absolute Gasteiger partial charge is 0.481 e. The summed E-state index contributed by atoms with van der Waals surface area (Å²) >= 11 is 0. The van der Waals surface area contributed by atoms with Crippen LogP contribution in [0, 0.1) is 0 Å². The lowest BCUT2D eigenvalue weighted by Crippen LogP contribution is -2.23. The van der Waals surface area contributed by atoms with Crippen LogP contribution in [0.2, 0.25) is 0 Å². The zero-order chi connectivity index (χ0) is 13.4. The van der Waals surface area contributed by atoms with Crippen molar-refractivity contribution in [2.24, 2.45) is 0 Å². The normalized spacial score (nSPS) is 11.6. The molecule has 1 N–H and O–H groups in total. The van der Waals surface area contributed by atoms with Crippen LogP contribution in [0.4, 0.5) is 13.2 Å². The van der Waals surface area contributed by atoms with Gasteiger partial charge in [0.2, 0.25) is 5.88 Å². The molecule has 1 rings (SSSR count). The van der Waals surface area contributed by atoms with E-state index in [0.717, 1.165) is 5.56 Å². The van der Waals surface area contributed by atoms with Crippen LogP contribution >= 0.6 is 0 Å². The Kier molecular flexibility index (Phi) is 5.87. The third-order valence-electron chi connectivity index (χ3n) is 2.05. The highest BCUT2D eigenvalue weighted by Gasteiger charge is 2.27. The molecule has 1 aromatic heterocycles. The van der Waals surface area contributed by atoms with Crippen molar-refractivity contribution >= 4 is 0 Å². The Morgan fingerprint density at radius 1 is 1.39 bits per heavy atom. The first-order valence-corrected chi connectivity index (χ1v) is 5.36. The molecule has 0 amide bonds. The first-order valence-electron chi connectivity index (χ1n) is 5.36. The fraction of sp³-hybridized carbons (Fsp3) is 0.545. The van der Waals surface area contributed by atoms with Crippen LogP contribution in [0.25, 0.3) is 0 Å². The van der Waals surface area contributed by atoms with Crippen molar-refractivity contribution in [1.82, 2.24) is 10.3 Å². The molecule has 0 aliphatic rings. The number of pyridine rings is 1.